The zero-order valence-electron chi connectivity index (χ0n) is 13.3. The van der Waals surface area contributed by atoms with E-state index in [9.17, 15) is 23.1 Å². The summed E-state index contributed by atoms with van der Waals surface area (Å²) in [5.74, 6) is -0.175. The van der Waals surface area contributed by atoms with Crippen LogP contribution in [0.2, 0.25) is 0 Å². The average molecular weight is 322 g/mol. The Bertz CT molecular complexity index is 417. The Morgan fingerprint density at radius 2 is 1.86 bits per heavy atom. The van der Waals surface area contributed by atoms with Crippen LogP contribution in [0.25, 0.3) is 0 Å². The van der Waals surface area contributed by atoms with Crippen molar-refractivity contribution in [3.05, 3.63) is 0 Å². The number of esters is 1. The van der Waals surface area contributed by atoms with Crippen molar-refractivity contribution in [2.75, 3.05) is 0 Å². The second kappa shape index (κ2) is 6.02. The second-order valence-electron chi connectivity index (χ2n) is 7.52. The Kier molecular flexibility index (Phi) is 4.81. The number of hydrogen-bond acceptors (Lipinski definition) is 3. The first-order valence-corrected chi connectivity index (χ1v) is 7.99. The molecular formula is C16H25F3O3. The number of hydrogen-bond donors (Lipinski definition) is 1. The Hall–Kier alpha value is -0.780. The predicted molar refractivity (Wildman–Crippen MR) is 75.0 cm³/mol. The molecule has 2 aliphatic carbocycles. The quantitative estimate of drug-likeness (QED) is 0.803. The van der Waals surface area contributed by atoms with Crippen LogP contribution >= 0.6 is 0 Å². The average Bonchev–Trinajstić information content (AvgIpc) is 2.61. The van der Waals surface area contributed by atoms with Crippen molar-refractivity contribution in [1.82, 2.24) is 0 Å². The molecule has 0 spiro atoms. The maximum atomic E-state index is 12.8. The largest absolute Gasteiger partial charge is 0.462 e. The highest BCUT2D eigenvalue weighted by molar-refractivity contribution is 5.71. The van der Waals surface area contributed by atoms with Gasteiger partial charge in [0.1, 0.15) is 6.10 Å². The number of aliphatic hydroxyl groups is 1. The molecule has 1 N–H and O–H groups in total. The van der Waals surface area contributed by atoms with Gasteiger partial charge in [-0.2, -0.15) is 13.2 Å². The smallest absolute Gasteiger partial charge is 0.416 e. The number of carbonyl (C=O) groups is 1. The van der Waals surface area contributed by atoms with Crippen LogP contribution in [0.15, 0.2) is 0 Å². The molecule has 3 nitrogen and oxygen atoms in total. The zero-order valence-corrected chi connectivity index (χ0v) is 13.3. The highest BCUT2D eigenvalue weighted by Gasteiger charge is 2.53. The highest BCUT2D eigenvalue weighted by atomic mass is 19.4. The van der Waals surface area contributed by atoms with Crippen LogP contribution in [0.3, 0.4) is 0 Å². The van der Waals surface area contributed by atoms with Crippen LogP contribution in [0.1, 0.15) is 52.9 Å². The molecular weight excluding hydrogens is 297 g/mol. The molecule has 2 rings (SSSR count). The van der Waals surface area contributed by atoms with Gasteiger partial charge in [0, 0.05) is 0 Å². The van der Waals surface area contributed by atoms with Gasteiger partial charge in [-0.15, -0.1) is 0 Å². The van der Waals surface area contributed by atoms with Crippen molar-refractivity contribution in [3.8, 4) is 0 Å². The maximum Gasteiger partial charge on any atom is 0.416 e. The molecule has 2 bridgehead atoms. The lowest BCUT2D eigenvalue weighted by molar-refractivity contribution is -0.259. The lowest BCUT2D eigenvalue weighted by Crippen LogP contribution is -2.44. The number of rotatable bonds is 4. The summed E-state index contributed by atoms with van der Waals surface area (Å²) in [5.41, 5.74) is -2.64. The van der Waals surface area contributed by atoms with Crippen molar-refractivity contribution in [3.63, 3.8) is 0 Å². The molecule has 2 fully saturated rings. The van der Waals surface area contributed by atoms with Crippen molar-refractivity contribution in [2.24, 2.45) is 23.7 Å². The van der Waals surface area contributed by atoms with Gasteiger partial charge in [0.15, 0.2) is 5.60 Å². The van der Waals surface area contributed by atoms with E-state index in [1.165, 1.54) is 0 Å². The summed E-state index contributed by atoms with van der Waals surface area (Å²) in [6.45, 7) is 4.39. The molecule has 0 saturated heterocycles. The summed E-state index contributed by atoms with van der Waals surface area (Å²) >= 11 is 0. The van der Waals surface area contributed by atoms with Gasteiger partial charge in [-0.3, -0.25) is 4.79 Å². The number of alkyl halides is 3. The van der Waals surface area contributed by atoms with Gasteiger partial charge < -0.3 is 9.84 Å². The lowest BCUT2D eigenvalue weighted by atomic mass is 9.81. The lowest BCUT2D eigenvalue weighted by Gasteiger charge is -2.32. The maximum absolute atomic E-state index is 12.8. The van der Waals surface area contributed by atoms with E-state index in [0.29, 0.717) is 18.8 Å². The van der Waals surface area contributed by atoms with Crippen molar-refractivity contribution in [2.45, 2.75) is 70.8 Å². The van der Waals surface area contributed by atoms with E-state index in [1.807, 2.05) is 0 Å². The van der Waals surface area contributed by atoms with Gasteiger partial charge in [-0.05, 0) is 56.8 Å². The molecule has 0 heterocycles. The third-order valence-electron chi connectivity index (χ3n) is 5.13. The fourth-order valence-corrected chi connectivity index (χ4v) is 3.90. The van der Waals surface area contributed by atoms with E-state index in [4.69, 9.17) is 4.74 Å². The third kappa shape index (κ3) is 3.76. The highest BCUT2D eigenvalue weighted by Crippen LogP contribution is 2.51. The van der Waals surface area contributed by atoms with E-state index in [1.54, 1.807) is 13.8 Å². The fraction of sp³-hybridized carbons (Fsp3) is 0.938. The summed E-state index contributed by atoms with van der Waals surface area (Å²) in [7, 11) is 0. The van der Waals surface area contributed by atoms with Crippen molar-refractivity contribution >= 4 is 5.97 Å². The Labute approximate surface area is 129 Å². The van der Waals surface area contributed by atoms with Crippen LogP contribution < -0.4 is 0 Å². The van der Waals surface area contributed by atoms with Crippen LogP contribution in [-0.2, 0) is 9.53 Å². The zero-order chi connectivity index (χ0) is 16.7. The van der Waals surface area contributed by atoms with Gasteiger partial charge in [-0.1, -0.05) is 13.8 Å². The van der Waals surface area contributed by atoms with Crippen molar-refractivity contribution < 1.29 is 27.8 Å². The summed E-state index contributed by atoms with van der Waals surface area (Å²) in [4.78, 5) is 11.7. The standard InChI is InChI=1S/C16H25F3O3/c1-9(2)14(20)22-13-6-10-4-11(7-13)12(5-10)8-15(3,21)16(17,18)19/h9-13,21H,4-8H2,1-3H3. The molecule has 22 heavy (non-hydrogen) atoms. The van der Waals surface area contributed by atoms with Crippen LogP contribution in [0.5, 0.6) is 0 Å². The number of halogens is 3. The summed E-state index contributed by atoms with van der Waals surface area (Å²) in [6.07, 6.45) is -2.12. The van der Waals surface area contributed by atoms with E-state index in [-0.39, 0.29) is 36.2 Å². The van der Waals surface area contributed by atoms with E-state index < -0.39 is 11.8 Å². The van der Waals surface area contributed by atoms with Gasteiger partial charge in [0.2, 0.25) is 0 Å². The van der Waals surface area contributed by atoms with Crippen LogP contribution in [0.4, 0.5) is 13.2 Å². The SMILES string of the molecule is CC(C)C(=O)OC1CC2CC(C1)C(CC(C)(O)C(F)(F)F)C2. The van der Waals surface area contributed by atoms with Gasteiger partial charge in [0.05, 0.1) is 5.92 Å². The van der Waals surface area contributed by atoms with Gasteiger partial charge >= 0.3 is 12.1 Å². The number of ether oxygens (including phenoxy) is 1. The van der Waals surface area contributed by atoms with Crippen molar-refractivity contribution in [1.29, 1.82) is 0 Å². The molecule has 0 aromatic rings. The van der Waals surface area contributed by atoms with E-state index in [0.717, 1.165) is 19.8 Å². The van der Waals surface area contributed by atoms with Crippen LogP contribution in [0, 0.1) is 23.7 Å². The summed E-state index contributed by atoms with van der Waals surface area (Å²) in [6, 6.07) is 0. The number of carbonyl (C=O) groups excluding carboxylic acids is 1. The summed E-state index contributed by atoms with van der Waals surface area (Å²) < 4.78 is 44.0. The molecule has 0 aromatic heterocycles. The van der Waals surface area contributed by atoms with Gasteiger partial charge in [-0.25, -0.2) is 0 Å². The molecule has 5 atom stereocenters. The molecule has 2 aliphatic rings. The van der Waals surface area contributed by atoms with E-state index in [2.05, 4.69) is 0 Å². The first kappa shape index (κ1) is 17.6. The molecule has 2 saturated carbocycles. The minimum absolute atomic E-state index is 0.109. The topological polar surface area (TPSA) is 46.5 Å². The Morgan fingerprint density at radius 1 is 1.23 bits per heavy atom. The molecule has 0 aromatic carbocycles. The number of fused-ring (bicyclic) bond motifs is 2. The fourth-order valence-electron chi connectivity index (χ4n) is 3.90. The van der Waals surface area contributed by atoms with Crippen LogP contribution in [-0.4, -0.2) is 29.0 Å². The van der Waals surface area contributed by atoms with E-state index >= 15 is 0 Å². The third-order valence-corrected chi connectivity index (χ3v) is 5.13. The molecule has 128 valence electrons. The molecule has 0 amide bonds. The molecule has 5 unspecified atom stereocenters. The normalized spacial score (nSPS) is 34.5. The first-order valence-electron chi connectivity index (χ1n) is 7.99. The Morgan fingerprint density at radius 3 is 2.41 bits per heavy atom. The molecule has 6 heteroatoms. The van der Waals surface area contributed by atoms with Gasteiger partial charge in [0.25, 0.3) is 0 Å². The minimum atomic E-state index is -4.60. The Balaban J connectivity index is 1.96. The first-order chi connectivity index (χ1) is 9.99. The second-order valence-corrected chi connectivity index (χ2v) is 7.52. The minimum Gasteiger partial charge on any atom is -0.462 e. The predicted octanol–water partition coefficient (Wildman–Crippen LogP) is 3.69. The molecule has 0 radical (unpaired) electrons. The summed E-state index contributed by atoms with van der Waals surface area (Å²) in [5, 5.41) is 9.71. The molecule has 0 aliphatic heterocycles. The monoisotopic (exact) mass is 322 g/mol.